The van der Waals surface area contributed by atoms with Crippen LogP contribution in [0.5, 0.6) is 0 Å². The Morgan fingerprint density at radius 2 is 2.12 bits per heavy atom. The predicted octanol–water partition coefficient (Wildman–Crippen LogP) is 1.23. The van der Waals surface area contributed by atoms with Crippen molar-refractivity contribution in [3.8, 4) is 0 Å². The zero-order valence-corrected chi connectivity index (χ0v) is 11.2. The number of hydrogen-bond donors (Lipinski definition) is 0. The van der Waals surface area contributed by atoms with Crippen molar-refractivity contribution in [1.82, 2.24) is 13.3 Å². The number of nitrogens with zero attached hydrogens (tertiary/aromatic N) is 3. The minimum Gasteiger partial charge on any atom is -0.239 e. The summed E-state index contributed by atoms with van der Waals surface area (Å²) in [4.78, 5) is 4.03. The molecule has 0 spiro atoms. The van der Waals surface area contributed by atoms with Gasteiger partial charge in [-0.2, -0.15) is 12.7 Å². The molecule has 1 rings (SSSR count). The number of aromatic nitrogens is 2. The van der Waals surface area contributed by atoms with E-state index in [-0.39, 0.29) is 5.88 Å². The van der Waals surface area contributed by atoms with Crippen LogP contribution in [0.3, 0.4) is 0 Å². The maximum absolute atomic E-state index is 12.0. The molecule has 0 aliphatic carbocycles. The second-order valence-corrected chi connectivity index (χ2v) is 5.89. The third-order valence-corrected chi connectivity index (χ3v) is 4.23. The first-order valence-corrected chi connectivity index (χ1v) is 6.92. The van der Waals surface area contributed by atoms with Crippen LogP contribution >= 0.6 is 11.6 Å². The van der Waals surface area contributed by atoms with Gasteiger partial charge in [-0.25, -0.2) is 8.96 Å². The lowest BCUT2D eigenvalue weighted by atomic mass is 10.2. The van der Waals surface area contributed by atoms with Gasteiger partial charge in [-0.1, -0.05) is 13.3 Å². The van der Waals surface area contributed by atoms with Crippen molar-refractivity contribution in [2.45, 2.75) is 25.6 Å². The smallest absolute Gasteiger partial charge is 0.239 e. The second-order valence-electron chi connectivity index (χ2n) is 3.61. The fourth-order valence-electron chi connectivity index (χ4n) is 1.37. The van der Waals surface area contributed by atoms with Crippen molar-refractivity contribution < 1.29 is 8.42 Å². The molecule has 7 heteroatoms. The Morgan fingerprint density at radius 1 is 1.50 bits per heavy atom. The van der Waals surface area contributed by atoms with Gasteiger partial charge in [-0.3, -0.25) is 0 Å². The molecule has 0 bridgehead atoms. The maximum Gasteiger partial charge on any atom is 0.308 e. The highest BCUT2D eigenvalue weighted by atomic mass is 35.5. The normalized spacial score (nSPS) is 12.3. The van der Waals surface area contributed by atoms with Crippen LogP contribution in [-0.2, 0) is 22.5 Å². The van der Waals surface area contributed by atoms with Gasteiger partial charge in [0, 0.05) is 14.1 Å². The van der Waals surface area contributed by atoms with Crippen molar-refractivity contribution in [3.05, 3.63) is 17.7 Å². The fourth-order valence-corrected chi connectivity index (χ4v) is 2.59. The van der Waals surface area contributed by atoms with Crippen molar-refractivity contribution >= 4 is 21.8 Å². The van der Waals surface area contributed by atoms with Crippen LogP contribution < -0.4 is 0 Å². The topological polar surface area (TPSA) is 55.2 Å². The third kappa shape index (κ3) is 2.39. The molecule has 0 saturated carbocycles. The summed E-state index contributed by atoms with van der Waals surface area (Å²) in [5, 5.41) is 0. The Balaban J connectivity index is 3.29. The van der Waals surface area contributed by atoms with E-state index in [9.17, 15) is 8.42 Å². The van der Waals surface area contributed by atoms with E-state index in [1.165, 1.54) is 24.4 Å². The lowest BCUT2D eigenvalue weighted by Crippen LogP contribution is -2.29. The molecule has 92 valence electrons. The number of hydrogen-bond acceptors (Lipinski definition) is 3. The summed E-state index contributed by atoms with van der Waals surface area (Å²) in [6, 6.07) is 0. The number of imidazole rings is 1. The van der Waals surface area contributed by atoms with E-state index in [0.29, 0.717) is 17.8 Å². The molecule has 0 amide bonds. The lowest BCUT2D eigenvalue weighted by Gasteiger charge is -2.14. The first kappa shape index (κ1) is 13.5. The minimum absolute atomic E-state index is 0.227. The molecule has 1 aromatic rings. The predicted molar refractivity (Wildman–Crippen MR) is 63.8 cm³/mol. The number of alkyl halides is 1. The van der Waals surface area contributed by atoms with E-state index in [0.717, 1.165) is 10.7 Å². The fraction of sp³-hybridized carbons (Fsp3) is 0.667. The van der Waals surface area contributed by atoms with Gasteiger partial charge in [0.1, 0.15) is 6.33 Å². The monoisotopic (exact) mass is 265 g/mol. The standard InChI is InChI=1S/C9H16ClN3O2S/c1-4-5-9-8(6-10)11-7-13(9)16(14,15)12(2)3/h7H,4-6H2,1-3H3. The molecular formula is C9H16ClN3O2S. The molecule has 0 radical (unpaired) electrons. The van der Waals surface area contributed by atoms with E-state index < -0.39 is 10.2 Å². The molecule has 1 heterocycles. The Labute approximate surface area is 101 Å². The second kappa shape index (κ2) is 5.16. The van der Waals surface area contributed by atoms with Crippen LogP contribution in [0.2, 0.25) is 0 Å². The van der Waals surface area contributed by atoms with E-state index in [1.54, 1.807) is 0 Å². The van der Waals surface area contributed by atoms with Gasteiger partial charge >= 0.3 is 10.2 Å². The molecule has 16 heavy (non-hydrogen) atoms. The van der Waals surface area contributed by atoms with Crippen molar-refractivity contribution in [2.75, 3.05) is 14.1 Å². The summed E-state index contributed by atoms with van der Waals surface area (Å²) in [5.41, 5.74) is 1.31. The van der Waals surface area contributed by atoms with Gasteiger partial charge < -0.3 is 0 Å². The van der Waals surface area contributed by atoms with Crippen molar-refractivity contribution in [3.63, 3.8) is 0 Å². The molecule has 0 aromatic carbocycles. The van der Waals surface area contributed by atoms with Crippen LogP contribution in [0.15, 0.2) is 6.33 Å². The van der Waals surface area contributed by atoms with Gasteiger partial charge in [-0.15, -0.1) is 11.6 Å². The first-order valence-electron chi connectivity index (χ1n) is 4.99. The van der Waals surface area contributed by atoms with Crippen LogP contribution in [0.25, 0.3) is 0 Å². The largest absolute Gasteiger partial charge is 0.308 e. The van der Waals surface area contributed by atoms with E-state index in [4.69, 9.17) is 11.6 Å². The van der Waals surface area contributed by atoms with Crippen LogP contribution in [0, 0.1) is 0 Å². The molecule has 0 fully saturated rings. The lowest BCUT2D eigenvalue weighted by molar-refractivity contribution is 0.508. The van der Waals surface area contributed by atoms with E-state index >= 15 is 0 Å². The minimum atomic E-state index is -3.49. The highest BCUT2D eigenvalue weighted by Gasteiger charge is 2.21. The zero-order valence-electron chi connectivity index (χ0n) is 9.64. The maximum atomic E-state index is 12.0. The Hall–Kier alpha value is -0.590. The Morgan fingerprint density at radius 3 is 2.56 bits per heavy atom. The quantitative estimate of drug-likeness (QED) is 0.753. The van der Waals surface area contributed by atoms with Crippen molar-refractivity contribution in [1.29, 1.82) is 0 Å². The average Bonchev–Trinajstić information content (AvgIpc) is 2.61. The molecule has 1 aromatic heterocycles. The zero-order chi connectivity index (χ0) is 12.3. The molecule has 0 saturated heterocycles. The molecule has 0 unspecified atom stereocenters. The van der Waals surface area contributed by atoms with Crippen LogP contribution in [0.1, 0.15) is 24.7 Å². The van der Waals surface area contributed by atoms with Gasteiger partial charge in [-0.05, 0) is 6.42 Å². The highest BCUT2D eigenvalue weighted by Crippen LogP contribution is 2.16. The van der Waals surface area contributed by atoms with Gasteiger partial charge in [0.15, 0.2) is 0 Å². The van der Waals surface area contributed by atoms with Gasteiger partial charge in [0.2, 0.25) is 0 Å². The summed E-state index contributed by atoms with van der Waals surface area (Å²) in [6.07, 6.45) is 2.81. The molecule has 0 N–H and O–H groups in total. The molecule has 0 aliphatic rings. The van der Waals surface area contributed by atoms with Gasteiger partial charge in [0.05, 0.1) is 17.3 Å². The molecule has 0 atom stereocenters. The summed E-state index contributed by atoms with van der Waals surface area (Å²) < 4.78 is 26.3. The SMILES string of the molecule is CCCc1c(CCl)ncn1S(=O)(=O)N(C)C. The Bertz CT molecular complexity index is 453. The summed E-state index contributed by atoms with van der Waals surface area (Å²) >= 11 is 5.73. The summed E-state index contributed by atoms with van der Waals surface area (Å²) in [7, 11) is -0.507. The van der Waals surface area contributed by atoms with Crippen molar-refractivity contribution in [2.24, 2.45) is 0 Å². The number of halogens is 1. The van der Waals surface area contributed by atoms with Crippen LogP contribution in [-0.4, -0.2) is 35.8 Å². The Kier molecular flexibility index (Phi) is 4.35. The van der Waals surface area contributed by atoms with E-state index in [1.807, 2.05) is 6.92 Å². The van der Waals surface area contributed by atoms with Crippen LogP contribution in [0.4, 0.5) is 0 Å². The number of rotatable bonds is 5. The molecular weight excluding hydrogens is 250 g/mol. The summed E-state index contributed by atoms with van der Waals surface area (Å²) in [6.45, 7) is 1.98. The first-order chi connectivity index (χ1) is 7.45. The molecule has 0 aliphatic heterocycles. The highest BCUT2D eigenvalue weighted by molar-refractivity contribution is 7.87. The van der Waals surface area contributed by atoms with E-state index in [2.05, 4.69) is 4.98 Å². The van der Waals surface area contributed by atoms with Gasteiger partial charge in [0.25, 0.3) is 0 Å². The molecule has 5 nitrogen and oxygen atoms in total. The average molecular weight is 266 g/mol. The summed E-state index contributed by atoms with van der Waals surface area (Å²) in [5.74, 6) is 0.227. The third-order valence-electron chi connectivity index (χ3n) is 2.24.